The smallest absolute Gasteiger partial charge is 0.246 e. The van der Waals surface area contributed by atoms with Gasteiger partial charge in [-0.25, -0.2) is 8.42 Å². The Labute approximate surface area is 107 Å². The molecule has 0 atom stereocenters. The Morgan fingerprint density at radius 2 is 2.17 bits per heavy atom. The minimum atomic E-state index is -3.63. The van der Waals surface area contributed by atoms with E-state index in [1.165, 1.54) is 0 Å². The van der Waals surface area contributed by atoms with E-state index in [1.54, 1.807) is 31.2 Å². The van der Waals surface area contributed by atoms with Crippen LogP contribution in [-0.2, 0) is 10.0 Å². The highest BCUT2D eigenvalue weighted by Gasteiger charge is 2.11. The number of nitrogens with two attached hydrogens (primary N) is 1. The maximum atomic E-state index is 11.5. The molecule has 0 heterocycles. The summed E-state index contributed by atoms with van der Waals surface area (Å²) < 4.78 is 25.3. The molecule has 0 unspecified atom stereocenters. The molecule has 94 valence electrons. The summed E-state index contributed by atoms with van der Waals surface area (Å²) in [7, 11) is -3.63. The van der Waals surface area contributed by atoms with Crippen molar-refractivity contribution in [3.63, 3.8) is 0 Å². The average molecular weight is 263 g/mol. The number of nitrogens with one attached hydrogen (secondary N) is 1. The molecular weight excluding hydrogens is 250 g/mol. The summed E-state index contributed by atoms with van der Waals surface area (Å²) in [5.41, 5.74) is 7.12. The molecule has 0 aliphatic rings. The summed E-state index contributed by atoms with van der Waals surface area (Å²) in [6, 6.07) is 6.75. The lowest BCUT2D eigenvalue weighted by atomic mass is 10.1. The maximum Gasteiger partial charge on any atom is 0.246 e. The molecule has 0 saturated heterocycles. The molecule has 1 rings (SSSR count). The third kappa shape index (κ3) is 4.10. The van der Waals surface area contributed by atoms with E-state index in [9.17, 15) is 8.42 Å². The highest BCUT2D eigenvalue weighted by Crippen LogP contribution is 2.17. The van der Waals surface area contributed by atoms with E-state index in [4.69, 9.17) is 11.0 Å². The highest BCUT2D eigenvalue weighted by atomic mass is 32.2. The van der Waals surface area contributed by atoms with Gasteiger partial charge in [0, 0.05) is 5.56 Å². The van der Waals surface area contributed by atoms with Crippen LogP contribution < -0.4 is 10.5 Å². The van der Waals surface area contributed by atoms with Gasteiger partial charge in [-0.3, -0.25) is 4.72 Å². The normalized spacial score (nSPS) is 10.1. The lowest BCUT2D eigenvalue weighted by Crippen LogP contribution is -2.16. The number of nitriles is 1. The molecule has 5 nitrogen and oxygen atoms in total. The largest absolute Gasteiger partial charge is 0.320 e. The van der Waals surface area contributed by atoms with Gasteiger partial charge in [-0.1, -0.05) is 17.9 Å². The fourth-order valence-electron chi connectivity index (χ4n) is 1.25. The number of benzene rings is 1. The number of sulfonamides is 1. The zero-order chi connectivity index (χ0) is 13.6. The second kappa shape index (κ2) is 6.06. The molecule has 0 amide bonds. The van der Waals surface area contributed by atoms with Gasteiger partial charge in [0.2, 0.25) is 10.0 Å². The Balaban J connectivity index is 3.06. The first-order valence-corrected chi connectivity index (χ1v) is 6.81. The van der Waals surface area contributed by atoms with Crippen molar-refractivity contribution in [1.82, 2.24) is 0 Å². The summed E-state index contributed by atoms with van der Waals surface area (Å²) >= 11 is 0. The van der Waals surface area contributed by atoms with Crippen LogP contribution in [0.25, 0.3) is 0 Å². The molecule has 0 aromatic heterocycles. The Morgan fingerprint density at radius 3 is 2.78 bits per heavy atom. The molecule has 0 bridgehead atoms. The number of hydrogen-bond donors (Lipinski definition) is 2. The van der Waals surface area contributed by atoms with E-state index in [-0.39, 0.29) is 6.54 Å². The standard InChI is InChI=1S/C12H13N3O2S/c1-10-4-5-11(3-2-6-13)9-12(10)15-18(16,17)8-7-14/h4-5,9,15H,6,8,13H2,1H3. The van der Waals surface area contributed by atoms with Gasteiger partial charge in [-0.2, -0.15) is 5.26 Å². The first kappa shape index (κ1) is 14.0. The van der Waals surface area contributed by atoms with E-state index in [0.717, 1.165) is 5.56 Å². The van der Waals surface area contributed by atoms with Gasteiger partial charge in [-0.05, 0) is 24.6 Å². The van der Waals surface area contributed by atoms with Crippen molar-refractivity contribution in [2.75, 3.05) is 17.0 Å². The Bertz CT molecular complexity index is 634. The number of hydrogen-bond acceptors (Lipinski definition) is 4. The van der Waals surface area contributed by atoms with Crippen molar-refractivity contribution >= 4 is 15.7 Å². The number of rotatable bonds is 3. The van der Waals surface area contributed by atoms with E-state index in [2.05, 4.69) is 16.6 Å². The summed E-state index contributed by atoms with van der Waals surface area (Å²) in [5, 5.41) is 8.41. The first-order chi connectivity index (χ1) is 8.48. The minimum Gasteiger partial charge on any atom is -0.320 e. The Kier molecular flexibility index (Phi) is 4.73. The maximum absolute atomic E-state index is 11.5. The Morgan fingerprint density at radius 1 is 1.44 bits per heavy atom. The molecular formula is C12H13N3O2S. The quantitative estimate of drug-likeness (QED) is 0.779. The van der Waals surface area contributed by atoms with Crippen molar-refractivity contribution in [2.45, 2.75) is 6.92 Å². The molecule has 18 heavy (non-hydrogen) atoms. The van der Waals surface area contributed by atoms with Crippen LogP contribution >= 0.6 is 0 Å². The van der Waals surface area contributed by atoms with Crippen LogP contribution in [0.15, 0.2) is 18.2 Å². The third-order valence-corrected chi connectivity index (χ3v) is 3.13. The van der Waals surface area contributed by atoms with E-state index < -0.39 is 15.8 Å². The van der Waals surface area contributed by atoms with Crippen LogP contribution in [0.1, 0.15) is 11.1 Å². The van der Waals surface area contributed by atoms with Crippen LogP contribution in [0.3, 0.4) is 0 Å². The van der Waals surface area contributed by atoms with E-state index in [1.807, 2.05) is 0 Å². The summed E-state index contributed by atoms with van der Waals surface area (Å²) in [6.07, 6.45) is 0. The van der Waals surface area contributed by atoms with Crippen molar-refractivity contribution in [3.8, 4) is 17.9 Å². The fourth-order valence-corrected chi connectivity index (χ4v) is 2.05. The van der Waals surface area contributed by atoms with Gasteiger partial charge in [0.05, 0.1) is 18.3 Å². The molecule has 0 fully saturated rings. The van der Waals surface area contributed by atoms with Crippen LogP contribution in [0, 0.1) is 30.1 Å². The summed E-state index contributed by atoms with van der Waals surface area (Å²) in [5.74, 6) is 4.92. The molecule has 0 saturated carbocycles. The van der Waals surface area contributed by atoms with Gasteiger partial charge in [0.25, 0.3) is 0 Å². The van der Waals surface area contributed by atoms with Gasteiger partial charge < -0.3 is 5.73 Å². The first-order valence-electron chi connectivity index (χ1n) is 5.15. The van der Waals surface area contributed by atoms with Crippen molar-refractivity contribution in [3.05, 3.63) is 29.3 Å². The predicted molar refractivity (Wildman–Crippen MR) is 70.1 cm³/mol. The van der Waals surface area contributed by atoms with Crippen molar-refractivity contribution in [2.24, 2.45) is 5.73 Å². The lowest BCUT2D eigenvalue weighted by molar-refractivity contribution is 0.604. The fraction of sp³-hybridized carbons (Fsp3) is 0.250. The molecule has 3 N–H and O–H groups in total. The predicted octanol–water partition coefficient (Wildman–Crippen LogP) is 0.571. The molecule has 1 aromatic carbocycles. The van der Waals surface area contributed by atoms with E-state index >= 15 is 0 Å². The molecule has 0 spiro atoms. The summed E-state index contributed by atoms with van der Waals surface area (Å²) in [4.78, 5) is 0. The summed E-state index contributed by atoms with van der Waals surface area (Å²) in [6.45, 7) is 2.01. The number of aryl methyl sites for hydroxylation is 1. The van der Waals surface area contributed by atoms with Gasteiger partial charge >= 0.3 is 0 Å². The molecule has 6 heteroatoms. The third-order valence-electron chi connectivity index (χ3n) is 2.09. The van der Waals surface area contributed by atoms with Crippen LogP contribution in [0.4, 0.5) is 5.69 Å². The Hall–Kier alpha value is -2.02. The number of nitrogens with zero attached hydrogens (tertiary/aromatic N) is 1. The lowest BCUT2D eigenvalue weighted by Gasteiger charge is -2.08. The van der Waals surface area contributed by atoms with Crippen molar-refractivity contribution in [1.29, 1.82) is 5.26 Å². The second-order valence-corrected chi connectivity index (χ2v) is 5.28. The second-order valence-electron chi connectivity index (χ2n) is 3.55. The van der Waals surface area contributed by atoms with Gasteiger partial charge in [-0.15, -0.1) is 0 Å². The topological polar surface area (TPSA) is 96.0 Å². The SMILES string of the molecule is Cc1ccc(C#CCN)cc1NS(=O)(=O)CC#N. The zero-order valence-corrected chi connectivity index (χ0v) is 10.7. The minimum absolute atomic E-state index is 0.239. The zero-order valence-electron chi connectivity index (χ0n) is 9.90. The van der Waals surface area contributed by atoms with Gasteiger partial charge in [0.15, 0.2) is 5.75 Å². The highest BCUT2D eigenvalue weighted by molar-refractivity contribution is 7.92. The molecule has 0 aliphatic carbocycles. The molecule has 0 radical (unpaired) electrons. The van der Waals surface area contributed by atoms with Crippen LogP contribution in [0.2, 0.25) is 0 Å². The monoisotopic (exact) mass is 263 g/mol. The van der Waals surface area contributed by atoms with Crippen molar-refractivity contribution < 1.29 is 8.42 Å². The van der Waals surface area contributed by atoms with E-state index in [0.29, 0.717) is 11.3 Å². The van der Waals surface area contributed by atoms with Crippen LogP contribution in [0.5, 0.6) is 0 Å². The van der Waals surface area contributed by atoms with Crippen LogP contribution in [-0.4, -0.2) is 20.7 Å². The number of anilines is 1. The van der Waals surface area contributed by atoms with Gasteiger partial charge in [0.1, 0.15) is 0 Å². The molecule has 1 aromatic rings. The average Bonchev–Trinajstić information content (AvgIpc) is 2.29. The molecule has 0 aliphatic heterocycles.